The number of benzene rings is 9. The van der Waals surface area contributed by atoms with E-state index in [1.165, 1.54) is 21.5 Å². The van der Waals surface area contributed by atoms with E-state index in [1.807, 2.05) is 12.1 Å². The van der Waals surface area contributed by atoms with Gasteiger partial charge >= 0.3 is 0 Å². The molecular formula is C60H36N6. The summed E-state index contributed by atoms with van der Waals surface area (Å²) in [5.41, 5.74) is 14.6. The molecule has 0 saturated carbocycles. The molecule has 5 heterocycles. The van der Waals surface area contributed by atoms with Gasteiger partial charge in [0, 0.05) is 60.0 Å². The fourth-order valence-corrected chi connectivity index (χ4v) is 10.9. The van der Waals surface area contributed by atoms with Crippen LogP contribution in [0, 0.1) is 11.3 Å². The van der Waals surface area contributed by atoms with Crippen LogP contribution in [0.1, 0.15) is 5.56 Å². The third-order valence-electron chi connectivity index (χ3n) is 13.6. The highest BCUT2D eigenvalue weighted by Gasteiger charge is 2.25. The van der Waals surface area contributed by atoms with Gasteiger partial charge in [-0.3, -0.25) is 4.57 Å². The molecule has 0 aliphatic heterocycles. The largest absolute Gasteiger partial charge is 0.307 e. The molecule has 0 aliphatic rings. The summed E-state index contributed by atoms with van der Waals surface area (Å²) in [4.78, 5) is 5.55. The van der Waals surface area contributed by atoms with Crippen molar-refractivity contribution in [2.45, 2.75) is 0 Å². The lowest BCUT2D eigenvalue weighted by Gasteiger charge is -2.18. The molecule has 306 valence electrons. The quantitative estimate of drug-likeness (QED) is 0.173. The number of hydrogen-bond donors (Lipinski definition) is 0. The van der Waals surface area contributed by atoms with Crippen LogP contribution in [0.2, 0.25) is 0 Å². The topological polar surface area (TPSA) is 56.4 Å². The van der Waals surface area contributed by atoms with Crippen molar-refractivity contribution >= 4 is 87.2 Å². The predicted octanol–water partition coefficient (Wildman–Crippen LogP) is 15.0. The average molecular weight is 841 g/mol. The maximum absolute atomic E-state index is 9.96. The van der Waals surface area contributed by atoms with Gasteiger partial charge in [-0.15, -0.1) is 0 Å². The van der Waals surface area contributed by atoms with Crippen molar-refractivity contribution in [1.29, 1.82) is 5.26 Å². The van der Waals surface area contributed by atoms with Gasteiger partial charge in [-0.05, 0) is 72.3 Å². The van der Waals surface area contributed by atoms with E-state index >= 15 is 0 Å². The zero-order chi connectivity index (χ0) is 43.5. The van der Waals surface area contributed by atoms with Gasteiger partial charge in [-0.1, -0.05) is 146 Å². The first-order chi connectivity index (χ1) is 32.7. The summed E-state index contributed by atoms with van der Waals surface area (Å²) in [6, 6.07) is 77.8. The van der Waals surface area contributed by atoms with Gasteiger partial charge in [0.1, 0.15) is 5.82 Å². The van der Waals surface area contributed by atoms with Crippen LogP contribution in [0.4, 0.5) is 0 Å². The second kappa shape index (κ2) is 13.9. The van der Waals surface area contributed by atoms with Crippen molar-refractivity contribution in [3.63, 3.8) is 0 Å². The molecular weight excluding hydrogens is 805 g/mol. The summed E-state index contributed by atoms with van der Waals surface area (Å²) >= 11 is 0. The Morgan fingerprint density at radius 1 is 0.348 bits per heavy atom. The van der Waals surface area contributed by atoms with Crippen LogP contribution >= 0.6 is 0 Å². The molecule has 6 heteroatoms. The highest BCUT2D eigenvalue weighted by Crippen LogP contribution is 2.45. The van der Waals surface area contributed by atoms with E-state index in [1.54, 1.807) is 0 Å². The van der Waals surface area contributed by atoms with Gasteiger partial charge in [0.05, 0.1) is 67.7 Å². The average Bonchev–Trinajstić information content (AvgIpc) is 4.12. The molecule has 0 spiro atoms. The summed E-state index contributed by atoms with van der Waals surface area (Å²) in [5.74, 6) is 0.797. The summed E-state index contributed by atoms with van der Waals surface area (Å²) in [6.45, 7) is 0. The zero-order valence-electron chi connectivity index (χ0n) is 35.5. The van der Waals surface area contributed by atoms with Gasteiger partial charge in [-0.25, -0.2) is 4.98 Å². The molecule has 0 bridgehead atoms. The highest BCUT2D eigenvalue weighted by molar-refractivity contribution is 6.25. The number of nitrogens with zero attached hydrogens (tertiary/aromatic N) is 6. The predicted molar refractivity (Wildman–Crippen MR) is 272 cm³/mol. The second-order valence-electron chi connectivity index (χ2n) is 17.0. The molecule has 0 fully saturated rings. The molecule has 0 saturated heterocycles. The third-order valence-corrected chi connectivity index (χ3v) is 13.6. The van der Waals surface area contributed by atoms with Crippen molar-refractivity contribution in [2.75, 3.05) is 0 Å². The van der Waals surface area contributed by atoms with E-state index in [0.717, 1.165) is 99.7 Å². The SMILES string of the molecule is N#Cc1ccc(-c2cc(-n3c4ccccc4c4ccc5c6ccccc6n(-c6ccccc6)c5c43)ncc2-n2c3ccccc3c3ccc4c5ccccc5n(-c5ccccc5)c4c32)cc1. The van der Waals surface area contributed by atoms with Crippen LogP contribution < -0.4 is 0 Å². The standard InChI is InChI=1S/C60H36N6/c61-36-38-27-29-39(30-28-38)50-35-56(66-54-26-14-10-22-45(54)49-34-32-47-43-20-8-12-24-52(43)64(58(47)60(49)66)41-17-5-2-6-18-41)62-37-55(50)65-53-25-13-9-21-44(53)48-33-31-46-42-19-7-11-23-51(42)63(57(46)59(48)65)40-15-3-1-4-16-40/h1-35,37H. The Balaban J connectivity index is 1.14. The van der Waals surface area contributed by atoms with Crippen LogP contribution in [-0.2, 0) is 0 Å². The first-order valence-corrected chi connectivity index (χ1v) is 22.3. The Hall–Kier alpha value is -9.18. The Kier molecular flexibility index (Phi) is 7.65. The van der Waals surface area contributed by atoms with E-state index in [0.29, 0.717) is 5.56 Å². The normalized spacial score (nSPS) is 11.9. The summed E-state index contributed by atoms with van der Waals surface area (Å²) in [5, 5.41) is 19.3. The van der Waals surface area contributed by atoms with E-state index in [4.69, 9.17) is 4.98 Å². The molecule has 5 aromatic heterocycles. The third kappa shape index (κ3) is 5.02. The minimum atomic E-state index is 0.610. The lowest BCUT2D eigenvalue weighted by molar-refractivity contribution is 1.05. The van der Waals surface area contributed by atoms with Crippen LogP contribution in [0.5, 0.6) is 0 Å². The van der Waals surface area contributed by atoms with Crippen LogP contribution in [0.15, 0.2) is 219 Å². The number of rotatable bonds is 5. The van der Waals surface area contributed by atoms with Gasteiger partial charge in [0.2, 0.25) is 0 Å². The summed E-state index contributed by atoms with van der Waals surface area (Å²) in [6.07, 6.45) is 2.07. The van der Waals surface area contributed by atoms with Gasteiger partial charge in [-0.2, -0.15) is 5.26 Å². The zero-order valence-corrected chi connectivity index (χ0v) is 35.5. The molecule has 14 aromatic rings. The van der Waals surface area contributed by atoms with Crippen molar-refractivity contribution in [2.24, 2.45) is 0 Å². The molecule has 66 heavy (non-hydrogen) atoms. The number of aromatic nitrogens is 5. The molecule has 0 aliphatic carbocycles. The Bertz CT molecular complexity index is 4330. The summed E-state index contributed by atoms with van der Waals surface area (Å²) < 4.78 is 9.61. The first-order valence-electron chi connectivity index (χ1n) is 22.3. The van der Waals surface area contributed by atoms with Crippen molar-refractivity contribution < 1.29 is 0 Å². The number of fused-ring (bicyclic) bond motifs is 14. The minimum absolute atomic E-state index is 0.610. The molecule has 0 amide bonds. The highest BCUT2D eigenvalue weighted by atomic mass is 15.1. The Morgan fingerprint density at radius 2 is 0.727 bits per heavy atom. The molecule has 0 radical (unpaired) electrons. The molecule has 14 rings (SSSR count). The van der Waals surface area contributed by atoms with Crippen molar-refractivity contribution in [1.82, 2.24) is 23.3 Å². The van der Waals surface area contributed by atoms with E-state index < -0.39 is 0 Å². The Morgan fingerprint density at radius 3 is 1.18 bits per heavy atom. The molecule has 0 N–H and O–H groups in total. The Labute approximate surface area is 378 Å². The van der Waals surface area contributed by atoms with Crippen LogP contribution in [0.3, 0.4) is 0 Å². The number of pyridine rings is 1. The van der Waals surface area contributed by atoms with E-state index in [2.05, 4.69) is 231 Å². The fourth-order valence-electron chi connectivity index (χ4n) is 10.9. The second-order valence-corrected chi connectivity index (χ2v) is 17.0. The van der Waals surface area contributed by atoms with E-state index in [-0.39, 0.29) is 0 Å². The lowest BCUT2D eigenvalue weighted by atomic mass is 10.0. The smallest absolute Gasteiger partial charge is 0.138 e. The first kappa shape index (κ1) is 36.3. The molecule has 0 atom stereocenters. The van der Waals surface area contributed by atoms with Gasteiger partial charge in [0.25, 0.3) is 0 Å². The molecule has 6 nitrogen and oxygen atoms in total. The lowest BCUT2D eigenvalue weighted by Crippen LogP contribution is -2.05. The fraction of sp³-hybridized carbons (Fsp3) is 0. The number of nitriles is 1. The maximum atomic E-state index is 9.96. The molecule has 9 aromatic carbocycles. The maximum Gasteiger partial charge on any atom is 0.138 e. The van der Waals surface area contributed by atoms with Crippen LogP contribution in [0.25, 0.3) is 121 Å². The number of para-hydroxylation sites is 6. The van der Waals surface area contributed by atoms with Crippen molar-refractivity contribution in [3.8, 4) is 40.1 Å². The monoisotopic (exact) mass is 840 g/mol. The van der Waals surface area contributed by atoms with E-state index in [9.17, 15) is 5.26 Å². The van der Waals surface area contributed by atoms with Gasteiger partial charge in [0.15, 0.2) is 0 Å². The summed E-state index contributed by atoms with van der Waals surface area (Å²) in [7, 11) is 0. The molecule has 0 unspecified atom stereocenters. The van der Waals surface area contributed by atoms with Crippen molar-refractivity contribution in [3.05, 3.63) is 224 Å². The number of hydrogen-bond acceptors (Lipinski definition) is 2. The minimum Gasteiger partial charge on any atom is -0.307 e. The van der Waals surface area contributed by atoms with Gasteiger partial charge < -0.3 is 13.7 Å². The van der Waals surface area contributed by atoms with Crippen LogP contribution in [-0.4, -0.2) is 23.3 Å².